The first-order valence-corrected chi connectivity index (χ1v) is 11.9. The minimum absolute atomic E-state index is 0.237. The molecular formula is C29H29N3O4. The minimum Gasteiger partial charge on any atom is -0.374 e. The average molecular weight is 484 g/mol. The Bertz CT molecular complexity index is 1150. The van der Waals surface area contributed by atoms with E-state index >= 15 is 0 Å². The van der Waals surface area contributed by atoms with Gasteiger partial charge in [-0.05, 0) is 22.2 Å². The smallest absolute Gasteiger partial charge is 0.129 e. The van der Waals surface area contributed by atoms with Crippen molar-refractivity contribution in [3.8, 4) is 12.3 Å². The van der Waals surface area contributed by atoms with E-state index in [1.54, 1.807) is 0 Å². The highest BCUT2D eigenvalue weighted by atomic mass is 16.6. The maximum Gasteiger partial charge on any atom is 0.129 e. The molecule has 0 bridgehead atoms. The van der Waals surface area contributed by atoms with E-state index in [4.69, 9.17) is 25.4 Å². The fourth-order valence-corrected chi connectivity index (χ4v) is 4.18. The Morgan fingerprint density at radius 2 is 1.28 bits per heavy atom. The van der Waals surface area contributed by atoms with Crippen LogP contribution in [0.25, 0.3) is 10.4 Å². The molecule has 1 heterocycles. The summed E-state index contributed by atoms with van der Waals surface area (Å²) in [7, 11) is 0. The first-order chi connectivity index (χ1) is 17.8. The average Bonchev–Trinajstić information content (AvgIpc) is 2.93. The molecular weight excluding hydrogens is 454 g/mol. The summed E-state index contributed by atoms with van der Waals surface area (Å²) in [6, 6.07) is 28.8. The molecule has 1 saturated heterocycles. The van der Waals surface area contributed by atoms with Gasteiger partial charge in [-0.25, -0.2) is 0 Å². The predicted octanol–water partition coefficient (Wildman–Crippen LogP) is 5.45. The molecule has 5 atom stereocenters. The van der Waals surface area contributed by atoms with Crippen molar-refractivity contribution in [3.63, 3.8) is 0 Å². The molecule has 1 fully saturated rings. The van der Waals surface area contributed by atoms with Crippen molar-refractivity contribution >= 4 is 0 Å². The van der Waals surface area contributed by atoms with Crippen molar-refractivity contribution in [2.24, 2.45) is 5.11 Å². The van der Waals surface area contributed by atoms with Crippen LogP contribution in [0.15, 0.2) is 96.1 Å². The van der Waals surface area contributed by atoms with Crippen LogP contribution in [0.2, 0.25) is 0 Å². The lowest BCUT2D eigenvalue weighted by atomic mass is 9.93. The number of rotatable bonds is 11. The van der Waals surface area contributed by atoms with Crippen molar-refractivity contribution in [2.45, 2.75) is 50.3 Å². The van der Waals surface area contributed by atoms with Crippen LogP contribution in [0, 0.1) is 12.3 Å². The van der Waals surface area contributed by atoms with Crippen LogP contribution in [0.4, 0.5) is 0 Å². The molecule has 36 heavy (non-hydrogen) atoms. The normalized spacial score (nSPS) is 23.4. The highest BCUT2D eigenvalue weighted by Gasteiger charge is 2.46. The Labute approximate surface area is 211 Å². The van der Waals surface area contributed by atoms with Gasteiger partial charge in [0, 0.05) is 4.91 Å². The van der Waals surface area contributed by atoms with Gasteiger partial charge in [-0.15, -0.1) is 6.42 Å². The number of terminal acetylenes is 1. The van der Waals surface area contributed by atoms with Crippen LogP contribution in [0.3, 0.4) is 0 Å². The fourth-order valence-electron chi connectivity index (χ4n) is 4.18. The minimum atomic E-state index is -0.774. The zero-order valence-corrected chi connectivity index (χ0v) is 19.9. The van der Waals surface area contributed by atoms with Gasteiger partial charge in [-0.3, -0.25) is 0 Å². The van der Waals surface area contributed by atoms with Crippen molar-refractivity contribution < 1.29 is 18.9 Å². The van der Waals surface area contributed by atoms with E-state index in [1.807, 2.05) is 91.0 Å². The number of hydrogen-bond acceptors (Lipinski definition) is 5. The molecule has 1 aliphatic rings. The molecule has 0 unspecified atom stereocenters. The molecule has 7 nitrogen and oxygen atoms in total. The first-order valence-electron chi connectivity index (χ1n) is 11.9. The van der Waals surface area contributed by atoms with E-state index in [0.29, 0.717) is 19.8 Å². The van der Waals surface area contributed by atoms with Gasteiger partial charge in [0.05, 0.1) is 32.5 Å². The zero-order valence-electron chi connectivity index (χ0n) is 19.9. The Morgan fingerprint density at radius 3 is 1.78 bits per heavy atom. The molecule has 0 N–H and O–H groups in total. The lowest BCUT2D eigenvalue weighted by Gasteiger charge is -2.43. The van der Waals surface area contributed by atoms with Crippen molar-refractivity contribution in [2.75, 3.05) is 6.61 Å². The van der Waals surface area contributed by atoms with Crippen molar-refractivity contribution in [3.05, 3.63) is 118 Å². The van der Waals surface area contributed by atoms with E-state index in [-0.39, 0.29) is 6.61 Å². The first kappa shape index (κ1) is 25.5. The fraction of sp³-hybridized carbons (Fsp3) is 0.310. The van der Waals surface area contributed by atoms with Gasteiger partial charge in [-0.1, -0.05) is 102 Å². The second-order valence-corrected chi connectivity index (χ2v) is 8.48. The SMILES string of the molecule is C#C[C@@H]1O[C@H](COCc2ccccc2)[C@H](OCc2ccccc2)[C@H](OCc2ccccc2)[C@H]1N=[N+]=[N-]. The third-order valence-electron chi connectivity index (χ3n) is 5.97. The summed E-state index contributed by atoms with van der Waals surface area (Å²) in [6.07, 6.45) is 3.28. The molecule has 0 spiro atoms. The molecule has 1 aliphatic heterocycles. The van der Waals surface area contributed by atoms with Crippen LogP contribution >= 0.6 is 0 Å². The van der Waals surface area contributed by atoms with Crippen molar-refractivity contribution in [1.82, 2.24) is 0 Å². The third-order valence-corrected chi connectivity index (χ3v) is 5.97. The summed E-state index contributed by atoms with van der Waals surface area (Å²) in [6.45, 7) is 1.30. The van der Waals surface area contributed by atoms with Crippen LogP contribution < -0.4 is 0 Å². The van der Waals surface area contributed by atoms with Gasteiger partial charge in [0.2, 0.25) is 0 Å². The summed E-state index contributed by atoms with van der Waals surface area (Å²) >= 11 is 0. The number of ether oxygens (including phenoxy) is 4. The quantitative estimate of drug-likeness (QED) is 0.157. The van der Waals surface area contributed by atoms with Gasteiger partial charge in [-0.2, -0.15) is 0 Å². The molecule has 3 aromatic carbocycles. The second-order valence-electron chi connectivity index (χ2n) is 8.48. The number of benzene rings is 3. The number of nitrogens with zero attached hydrogens (tertiary/aromatic N) is 3. The molecule has 3 aromatic rings. The largest absolute Gasteiger partial charge is 0.374 e. The lowest BCUT2D eigenvalue weighted by molar-refractivity contribution is -0.217. The molecule has 0 amide bonds. The van der Waals surface area contributed by atoms with Crippen LogP contribution in [-0.2, 0) is 38.8 Å². The lowest BCUT2D eigenvalue weighted by Crippen LogP contribution is -2.59. The summed E-state index contributed by atoms with van der Waals surface area (Å²) in [5, 5.41) is 3.96. The van der Waals surface area contributed by atoms with E-state index in [1.165, 1.54) is 0 Å². The molecule has 0 saturated carbocycles. The van der Waals surface area contributed by atoms with Crippen LogP contribution in [0.5, 0.6) is 0 Å². The topological polar surface area (TPSA) is 85.7 Å². The maximum atomic E-state index is 9.28. The molecule has 7 heteroatoms. The third kappa shape index (κ3) is 6.96. The van der Waals surface area contributed by atoms with Crippen LogP contribution in [-0.4, -0.2) is 37.1 Å². The van der Waals surface area contributed by atoms with E-state index in [0.717, 1.165) is 16.7 Å². The zero-order chi connectivity index (χ0) is 25.0. The molecule has 184 valence electrons. The van der Waals surface area contributed by atoms with Gasteiger partial charge >= 0.3 is 0 Å². The number of hydrogen-bond donors (Lipinski definition) is 0. The summed E-state index contributed by atoms with van der Waals surface area (Å²) in [5.74, 6) is 2.62. The van der Waals surface area contributed by atoms with E-state index < -0.39 is 30.5 Å². The molecule has 0 aromatic heterocycles. The standard InChI is InChI=1S/C29H29N3O4/c1-2-25-27(31-32-30)29(35-20-24-16-10-5-11-17-24)28(34-19-23-14-8-4-9-15-23)26(36-25)21-33-18-22-12-6-3-7-13-22/h1,3-17,25-29H,18-21H2/t25-,26+,27-,28-,29+/m0/s1. The van der Waals surface area contributed by atoms with Gasteiger partial charge in [0.25, 0.3) is 0 Å². The Morgan fingerprint density at radius 1 is 0.778 bits per heavy atom. The van der Waals surface area contributed by atoms with Gasteiger partial charge in [0.1, 0.15) is 24.4 Å². The monoisotopic (exact) mass is 483 g/mol. The van der Waals surface area contributed by atoms with Crippen molar-refractivity contribution in [1.29, 1.82) is 0 Å². The highest BCUT2D eigenvalue weighted by Crippen LogP contribution is 2.30. The highest BCUT2D eigenvalue weighted by molar-refractivity contribution is 5.16. The maximum absolute atomic E-state index is 9.28. The summed E-state index contributed by atoms with van der Waals surface area (Å²) < 4.78 is 24.9. The molecule has 0 radical (unpaired) electrons. The van der Waals surface area contributed by atoms with Gasteiger partial charge in [0.15, 0.2) is 0 Å². The van der Waals surface area contributed by atoms with Crippen LogP contribution in [0.1, 0.15) is 16.7 Å². The summed E-state index contributed by atoms with van der Waals surface area (Å²) in [5.41, 5.74) is 12.3. The summed E-state index contributed by atoms with van der Waals surface area (Å²) in [4.78, 5) is 3.03. The Hall–Kier alpha value is -3.63. The van der Waals surface area contributed by atoms with E-state index in [9.17, 15) is 5.53 Å². The molecule has 0 aliphatic carbocycles. The van der Waals surface area contributed by atoms with E-state index in [2.05, 4.69) is 15.9 Å². The predicted molar refractivity (Wildman–Crippen MR) is 137 cm³/mol. The Balaban J connectivity index is 1.56. The Kier molecular flexibility index (Phi) is 9.52. The van der Waals surface area contributed by atoms with Gasteiger partial charge < -0.3 is 18.9 Å². The molecule has 4 rings (SSSR count). The second kappa shape index (κ2) is 13.5. The number of azide groups is 1.